The molecule has 0 amide bonds. The van der Waals surface area contributed by atoms with Crippen LogP contribution in [0.5, 0.6) is 0 Å². The highest BCUT2D eigenvalue weighted by Crippen LogP contribution is 2.54. The molecule has 2 aromatic carbocycles. The maximum absolute atomic E-state index is 13.6. The minimum absolute atomic E-state index is 0.105. The monoisotopic (exact) mass is 590 g/mol. The van der Waals surface area contributed by atoms with Crippen LogP contribution in [0.1, 0.15) is 58.5 Å². The summed E-state index contributed by atoms with van der Waals surface area (Å²) in [4.78, 5) is 34.0. The fourth-order valence-corrected chi connectivity index (χ4v) is 7.16. The van der Waals surface area contributed by atoms with Crippen molar-refractivity contribution < 1.29 is 9.59 Å². The molecule has 5 aliphatic carbocycles. The summed E-state index contributed by atoms with van der Waals surface area (Å²) < 4.78 is 0. The van der Waals surface area contributed by atoms with Gasteiger partial charge in [-0.15, -0.1) is 0 Å². The number of rotatable bonds is 2. The van der Waals surface area contributed by atoms with Crippen LogP contribution in [-0.4, -0.2) is 11.6 Å². The highest BCUT2D eigenvalue weighted by Gasteiger charge is 2.38. The van der Waals surface area contributed by atoms with Gasteiger partial charge in [0.1, 0.15) is 0 Å². The molecule has 0 bridgehead atoms. The smallest absolute Gasteiger partial charge is 0.270 e. The molecule has 0 radical (unpaired) electrons. The Kier molecular flexibility index (Phi) is 6.46. The van der Waals surface area contributed by atoms with Crippen LogP contribution in [0.4, 0.5) is 0 Å². The van der Waals surface area contributed by atoms with Crippen LogP contribution in [0, 0.1) is 35.8 Å². The maximum atomic E-state index is 13.6. The molecule has 0 fully saturated rings. The molecule has 6 heteroatoms. The Hall–Kier alpha value is -6.60. The summed E-state index contributed by atoms with van der Waals surface area (Å²) in [7, 11) is 0. The average Bonchev–Trinajstić information content (AvgIpc) is 3.84. The molecule has 46 heavy (non-hydrogen) atoms. The second kappa shape index (κ2) is 10.5. The molecule has 214 valence electrons. The topological polar surface area (TPSA) is 90.4 Å². The molecule has 0 saturated heterocycles. The van der Waals surface area contributed by atoms with E-state index in [4.69, 9.17) is 13.1 Å². The molecule has 0 heterocycles. The minimum Gasteiger partial charge on any atom is -0.289 e. The lowest BCUT2D eigenvalue weighted by Crippen LogP contribution is -1.99. The second-order valence-electron chi connectivity index (χ2n) is 11.6. The Morgan fingerprint density at radius 3 is 1.78 bits per heavy atom. The molecule has 0 N–H and O–H groups in total. The summed E-state index contributed by atoms with van der Waals surface area (Å²) in [6, 6.07) is 18.1. The fourth-order valence-electron chi connectivity index (χ4n) is 7.16. The fraction of sp³-hybridized carbons (Fsp3) is 0.100. The van der Waals surface area contributed by atoms with E-state index in [1.807, 2.05) is 38.1 Å². The third kappa shape index (κ3) is 3.92. The lowest BCUT2D eigenvalue weighted by molar-refractivity contribution is 0.103. The number of carbonyl (C=O) groups is 2. The largest absolute Gasteiger partial charge is 0.289 e. The van der Waals surface area contributed by atoms with E-state index in [2.05, 4.69) is 21.8 Å². The Labute approximate surface area is 266 Å². The zero-order valence-electron chi connectivity index (χ0n) is 24.9. The van der Waals surface area contributed by atoms with Gasteiger partial charge in [-0.05, 0) is 89.0 Å². The van der Waals surface area contributed by atoms with E-state index in [1.54, 1.807) is 48.5 Å². The number of ketones is 2. The molecule has 5 aliphatic rings. The van der Waals surface area contributed by atoms with Gasteiger partial charge >= 0.3 is 0 Å². The number of benzene rings is 2. The maximum Gasteiger partial charge on any atom is 0.270 e. The van der Waals surface area contributed by atoms with Gasteiger partial charge in [0.25, 0.3) is 11.4 Å². The zero-order valence-corrected chi connectivity index (χ0v) is 24.9. The summed E-state index contributed by atoms with van der Waals surface area (Å²) in [5, 5.41) is 19.5. The number of hydrogen-bond donors (Lipinski definition) is 0. The van der Waals surface area contributed by atoms with Crippen molar-refractivity contribution in [3.63, 3.8) is 0 Å². The highest BCUT2D eigenvalue weighted by atomic mass is 16.1. The predicted octanol–water partition coefficient (Wildman–Crippen LogP) is 8.54. The van der Waals surface area contributed by atoms with Gasteiger partial charge in [0, 0.05) is 33.4 Å². The number of fused-ring (bicyclic) bond motifs is 3. The summed E-state index contributed by atoms with van der Waals surface area (Å²) >= 11 is 0. The van der Waals surface area contributed by atoms with Crippen molar-refractivity contribution in [3.05, 3.63) is 185 Å². The van der Waals surface area contributed by atoms with E-state index in [9.17, 15) is 20.1 Å². The van der Waals surface area contributed by atoms with Crippen LogP contribution in [-0.2, 0) is 0 Å². The van der Waals surface area contributed by atoms with Crippen LogP contribution in [0.3, 0.4) is 0 Å². The van der Waals surface area contributed by atoms with Gasteiger partial charge < -0.3 is 0 Å². The van der Waals surface area contributed by atoms with Gasteiger partial charge in [-0.25, -0.2) is 20.2 Å². The van der Waals surface area contributed by atoms with Gasteiger partial charge in [0.15, 0.2) is 11.6 Å². The standard InChI is InChI=1S/C40H22N4O2/c1-21(2)35-30-16-22(17-31-37(33(19-41)43-3)24-9-5-7-11-27(24)39(31)45)15-29(30)26-14-13-23(36(26)35)18-32-38(34(20-42)44-4)25-10-6-8-12-28(25)40(32)46/h5-13,16-18H,14-15H2,1-2H3/b31-17-,32-18-,37-33+,38-34-. The SMILES string of the molecule is [C-]#[N+]/C(C#N)=C1\C(=C\C2=CCC3=C2C(=C(C)C)C2=C3CC(/C=C3\C(=O)c4ccccc4\C3=C(\C#N)[N+]#[C-])=C2)C(=O)c2ccccc21. The molecular weight excluding hydrogens is 568 g/mol. The number of Topliss-reactive ketones (excluding diaryl/α,β-unsaturated/α-hetero) is 2. The van der Waals surface area contributed by atoms with Crippen LogP contribution in [0.15, 0.2) is 140 Å². The van der Waals surface area contributed by atoms with Gasteiger partial charge in [0.05, 0.1) is 25.3 Å². The molecule has 2 aromatic rings. The van der Waals surface area contributed by atoms with E-state index in [1.165, 1.54) is 0 Å². The molecule has 0 aliphatic heterocycles. The van der Waals surface area contributed by atoms with Crippen molar-refractivity contribution in [2.75, 3.05) is 0 Å². The third-order valence-corrected chi connectivity index (χ3v) is 8.98. The van der Waals surface area contributed by atoms with Crippen molar-refractivity contribution in [3.8, 4) is 12.1 Å². The number of hydrogen-bond acceptors (Lipinski definition) is 4. The molecule has 0 saturated carbocycles. The lowest BCUT2D eigenvalue weighted by atomic mass is 9.91. The zero-order chi connectivity index (χ0) is 32.3. The molecular formula is C40H22N4O2. The molecule has 0 atom stereocenters. The van der Waals surface area contributed by atoms with Gasteiger partial charge in [-0.3, -0.25) is 9.59 Å². The van der Waals surface area contributed by atoms with Crippen molar-refractivity contribution in [2.45, 2.75) is 26.7 Å². The van der Waals surface area contributed by atoms with Crippen molar-refractivity contribution >= 4 is 22.7 Å². The Morgan fingerprint density at radius 2 is 1.28 bits per heavy atom. The first-order valence-corrected chi connectivity index (χ1v) is 14.6. The minimum atomic E-state index is -0.203. The van der Waals surface area contributed by atoms with Crippen LogP contribution in [0.2, 0.25) is 0 Å². The number of nitriles is 2. The lowest BCUT2D eigenvalue weighted by Gasteiger charge is -2.12. The summed E-state index contributed by atoms with van der Waals surface area (Å²) in [6.07, 6.45) is 9.06. The molecule has 0 unspecified atom stereocenters. The van der Waals surface area contributed by atoms with Crippen LogP contribution < -0.4 is 0 Å². The molecule has 6 nitrogen and oxygen atoms in total. The summed E-state index contributed by atoms with van der Waals surface area (Å²) in [5.41, 5.74) is 11.8. The predicted molar refractivity (Wildman–Crippen MR) is 174 cm³/mol. The second-order valence-corrected chi connectivity index (χ2v) is 11.6. The Morgan fingerprint density at radius 1 is 0.761 bits per heavy atom. The van der Waals surface area contributed by atoms with E-state index < -0.39 is 0 Å². The Balaban J connectivity index is 1.29. The highest BCUT2D eigenvalue weighted by molar-refractivity contribution is 6.28. The molecule has 7 rings (SSSR count). The normalized spacial score (nSPS) is 21.3. The van der Waals surface area contributed by atoms with Gasteiger partial charge in [-0.1, -0.05) is 66.3 Å². The first-order valence-electron chi connectivity index (χ1n) is 14.6. The number of nitrogens with zero attached hydrogens (tertiary/aromatic N) is 4. The number of carbonyl (C=O) groups excluding carboxylic acids is 2. The molecule has 0 spiro atoms. The van der Waals surface area contributed by atoms with Crippen molar-refractivity contribution in [2.24, 2.45) is 0 Å². The van der Waals surface area contributed by atoms with E-state index in [-0.39, 0.29) is 23.0 Å². The van der Waals surface area contributed by atoms with Gasteiger partial charge in [0.2, 0.25) is 0 Å². The summed E-state index contributed by atoms with van der Waals surface area (Å²) in [6.45, 7) is 19.3. The third-order valence-electron chi connectivity index (χ3n) is 8.98. The van der Waals surface area contributed by atoms with Crippen molar-refractivity contribution in [1.29, 1.82) is 10.5 Å². The first-order chi connectivity index (χ1) is 22.3. The first kappa shape index (κ1) is 28.2. The van der Waals surface area contributed by atoms with Crippen molar-refractivity contribution in [1.82, 2.24) is 0 Å². The van der Waals surface area contributed by atoms with Gasteiger partial charge in [-0.2, -0.15) is 0 Å². The summed E-state index contributed by atoms with van der Waals surface area (Å²) in [5.74, 6) is -0.402. The van der Waals surface area contributed by atoms with E-state index in [0.717, 1.165) is 44.6 Å². The average molecular weight is 591 g/mol. The Bertz CT molecular complexity index is 2350. The van der Waals surface area contributed by atoms with E-state index >= 15 is 0 Å². The van der Waals surface area contributed by atoms with Crippen LogP contribution >= 0.6 is 0 Å². The van der Waals surface area contributed by atoms with E-state index in [0.29, 0.717) is 57.4 Å². The quantitative estimate of drug-likeness (QED) is 0.199. The molecule has 0 aromatic heterocycles. The van der Waals surface area contributed by atoms with Crippen LogP contribution in [0.25, 0.3) is 20.8 Å². The number of allylic oxidation sites excluding steroid dienone is 18.